The van der Waals surface area contributed by atoms with Crippen LogP contribution in [-0.2, 0) is 28.6 Å². The fourth-order valence-electron chi connectivity index (χ4n) is 2.31. The van der Waals surface area contributed by atoms with Gasteiger partial charge in [-0.15, -0.1) is 0 Å². The molecule has 0 heterocycles. The summed E-state index contributed by atoms with van der Waals surface area (Å²) in [7, 11) is -8.71. The molecule has 0 bridgehead atoms. The van der Waals surface area contributed by atoms with Crippen molar-refractivity contribution in [1.29, 1.82) is 0 Å². The molecule has 0 saturated carbocycles. The molecule has 2 rings (SSSR count). The smallest absolute Gasteiger partial charge is 0.299 e. The van der Waals surface area contributed by atoms with Crippen LogP contribution in [0.25, 0.3) is 10.8 Å². The number of nitrogen functional groups attached to an aromatic ring is 1. The summed E-state index contributed by atoms with van der Waals surface area (Å²) in [5, 5.41) is 9.99. The molecule has 2 unspecified atom stereocenters. The van der Waals surface area contributed by atoms with E-state index >= 15 is 0 Å². The highest BCUT2D eigenvalue weighted by Gasteiger charge is 2.26. The molecule has 0 aliphatic heterocycles. The molecule has 2 aromatic carbocycles. The molecule has 0 aliphatic carbocycles. The normalized spacial score (nSPS) is 15.1. The number of rotatable bonds is 6. The molecule has 0 fully saturated rings. The molecule has 2 aromatic rings. The molecule has 144 valence electrons. The first-order valence-electron chi connectivity index (χ1n) is 7.28. The highest BCUT2D eigenvalue weighted by molar-refractivity contribution is 7.87. The summed E-state index contributed by atoms with van der Waals surface area (Å²) in [6.07, 6.45) is -2.29. The summed E-state index contributed by atoms with van der Waals surface area (Å²) < 4.78 is 58.6. The number of phenolic OH excluding ortho intramolecular Hbond substituents is 1. The third-order valence-electron chi connectivity index (χ3n) is 3.17. The van der Waals surface area contributed by atoms with E-state index in [-0.39, 0.29) is 16.5 Å². The van der Waals surface area contributed by atoms with Gasteiger partial charge in [0.1, 0.15) is 23.1 Å². The molecule has 12 heteroatoms. The van der Waals surface area contributed by atoms with Gasteiger partial charge in [0.25, 0.3) is 20.2 Å². The van der Waals surface area contributed by atoms with E-state index in [1.807, 2.05) is 0 Å². The van der Waals surface area contributed by atoms with Gasteiger partial charge in [-0.1, -0.05) is 0 Å². The van der Waals surface area contributed by atoms with Crippen LogP contribution >= 0.6 is 0 Å². The topological polar surface area (TPSA) is 185 Å². The molecule has 0 amide bonds. The first-order valence-corrected chi connectivity index (χ1v) is 10.1. The van der Waals surface area contributed by atoms with Crippen molar-refractivity contribution in [3.05, 3.63) is 24.3 Å². The van der Waals surface area contributed by atoms with Gasteiger partial charge in [-0.2, -0.15) is 16.8 Å². The van der Waals surface area contributed by atoms with Crippen LogP contribution in [0.2, 0.25) is 0 Å². The van der Waals surface area contributed by atoms with Crippen LogP contribution in [0.5, 0.6) is 5.75 Å². The Morgan fingerprint density at radius 2 is 1.50 bits per heavy atom. The van der Waals surface area contributed by atoms with Gasteiger partial charge < -0.3 is 22.3 Å². The van der Waals surface area contributed by atoms with Gasteiger partial charge in [0.2, 0.25) is 0 Å². The molecule has 0 radical (unpaired) electrons. The molecule has 0 aliphatic rings. The molecule has 0 saturated heterocycles. The summed E-state index contributed by atoms with van der Waals surface area (Å²) in [6.45, 7) is 2.60. The van der Waals surface area contributed by atoms with Crippen molar-refractivity contribution >= 4 is 36.7 Å². The largest absolute Gasteiger partial charge is 0.507 e. The summed E-state index contributed by atoms with van der Waals surface area (Å²) in [6, 6.07) is 4.25. The Kier molecular flexibility index (Phi) is 5.46. The maximum atomic E-state index is 12.4. The van der Waals surface area contributed by atoms with Gasteiger partial charge in [-0.05, 0) is 32.0 Å². The van der Waals surface area contributed by atoms with Crippen molar-refractivity contribution in [3.63, 3.8) is 0 Å². The van der Waals surface area contributed by atoms with Gasteiger partial charge >= 0.3 is 0 Å². The second-order valence-corrected chi connectivity index (χ2v) is 8.64. The lowest BCUT2D eigenvalue weighted by Crippen LogP contribution is -2.24. The second-order valence-electron chi connectivity index (χ2n) is 5.53. The fourth-order valence-corrected chi connectivity index (χ4v) is 4.50. The minimum absolute atomic E-state index is 0.0364. The van der Waals surface area contributed by atoms with Gasteiger partial charge in [0.05, 0.1) is 4.90 Å². The van der Waals surface area contributed by atoms with Crippen molar-refractivity contribution in [1.82, 2.24) is 0 Å². The van der Waals surface area contributed by atoms with Crippen molar-refractivity contribution in [3.8, 4) is 5.75 Å². The van der Waals surface area contributed by atoms with Gasteiger partial charge in [0, 0.05) is 22.5 Å². The predicted octanol–water partition coefficient (Wildman–Crippen LogP) is 0.148. The first-order chi connectivity index (χ1) is 11.8. The molecule has 26 heavy (non-hydrogen) atoms. The third-order valence-corrected chi connectivity index (χ3v) is 6.00. The molecule has 2 atom stereocenters. The Morgan fingerprint density at radius 3 is 2.04 bits per heavy atom. The van der Waals surface area contributed by atoms with E-state index in [1.165, 1.54) is 19.9 Å². The van der Waals surface area contributed by atoms with Crippen molar-refractivity contribution in [2.24, 2.45) is 11.5 Å². The van der Waals surface area contributed by atoms with Crippen LogP contribution < -0.4 is 17.2 Å². The second kappa shape index (κ2) is 6.98. The number of phenols is 1. The minimum Gasteiger partial charge on any atom is -0.507 e. The van der Waals surface area contributed by atoms with E-state index in [0.29, 0.717) is 0 Å². The summed E-state index contributed by atoms with van der Waals surface area (Å²) in [5.41, 5.74) is 16.5. The third kappa shape index (κ3) is 4.06. The fraction of sp³-hybridized carbons (Fsp3) is 0.286. The number of anilines is 1. The molecule has 0 spiro atoms. The van der Waals surface area contributed by atoms with Gasteiger partial charge in [-0.25, -0.2) is 8.37 Å². The first kappa shape index (κ1) is 20.4. The number of hydrogen-bond donors (Lipinski definition) is 4. The van der Waals surface area contributed by atoms with Crippen LogP contribution in [0.3, 0.4) is 0 Å². The number of nitrogens with two attached hydrogens (primary N) is 3. The zero-order chi connectivity index (χ0) is 19.9. The SMILES string of the molecule is CC(N)OS(=O)(=O)c1cc(O)c2c(N)ccc(S(=O)(=O)OC(C)N)c2c1. The lowest BCUT2D eigenvalue weighted by molar-refractivity contribution is 0.236. The highest BCUT2D eigenvalue weighted by atomic mass is 32.2. The van der Waals surface area contributed by atoms with Gasteiger partial charge in [-0.3, -0.25) is 0 Å². The van der Waals surface area contributed by atoms with Crippen LogP contribution in [0, 0.1) is 0 Å². The molecule has 10 nitrogen and oxygen atoms in total. The van der Waals surface area contributed by atoms with E-state index < -0.39 is 48.2 Å². The molecule has 0 aromatic heterocycles. The summed E-state index contributed by atoms with van der Waals surface area (Å²) in [4.78, 5) is -0.908. The predicted molar refractivity (Wildman–Crippen MR) is 93.9 cm³/mol. The Bertz CT molecular complexity index is 1050. The Labute approximate surface area is 150 Å². The number of benzene rings is 2. The average Bonchev–Trinajstić information content (AvgIpc) is 2.43. The van der Waals surface area contributed by atoms with Crippen LogP contribution in [0.1, 0.15) is 13.8 Å². The Hall–Kier alpha value is -1.96. The average molecular weight is 405 g/mol. The zero-order valence-corrected chi connectivity index (χ0v) is 15.5. The Morgan fingerprint density at radius 1 is 0.962 bits per heavy atom. The zero-order valence-electron chi connectivity index (χ0n) is 13.9. The number of hydrogen-bond acceptors (Lipinski definition) is 10. The van der Waals surface area contributed by atoms with E-state index in [9.17, 15) is 21.9 Å². The van der Waals surface area contributed by atoms with Gasteiger partial charge in [0.15, 0.2) is 0 Å². The minimum atomic E-state index is -4.36. The highest BCUT2D eigenvalue weighted by Crippen LogP contribution is 2.37. The van der Waals surface area contributed by atoms with E-state index in [0.717, 1.165) is 18.2 Å². The molecular formula is C14H19N3O7S2. The number of fused-ring (bicyclic) bond motifs is 1. The van der Waals surface area contributed by atoms with Crippen molar-refractivity contribution in [2.45, 2.75) is 36.1 Å². The quantitative estimate of drug-likeness (QED) is 0.293. The molecular weight excluding hydrogens is 386 g/mol. The van der Waals surface area contributed by atoms with E-state index in [4.69, 9.17) is 21.4 Å². The lowest BCUT2D eigenvalue weighted by atomic mass is 10.1. The maximum Gasteiger partial charge on any atom is 0.299 e. The van der Waals surface area contributed by atoms with Crippen LogP contribution in [0.4, 0.5) is 5.69 Å². The number of aromatic hydroxyl groups is 1. The monoisotopic (exact) mass is 405 g/mol. The molecule has 7 N–H and O–H groups in total. The van der Waals surface area contributed by atoms with Crippen LogP contribution in [0.15, 0.2) is 34.1 Å². The maximum absolute atomic E-state index is 12.4. The van der Waals surface area contributed by atoms with E-state index in [1.54, 1.807) is 0 Å². The Balaban J connectivity index is 2.84. The van der Waals surface area contributed by atoms with Crippen LogP contribution in [-0.4, -0.2) is 34.4 Å². The van der Waals surface area contributed by atoms with E-state index in [2.05, 4.69) is 4.18 Å². The van der Waals surface area contributed by atoms with Crippen molar-refractivity contribution in [2.75, 3.05) is 5.73 Å². The standard InChI is InChI=1S/C14H19N3O7S2/c1-7(15)23-25(19,20)9-5-10-13(26(21,22)24-8(2)16)4-3-11(17)14(10)12(18)6-9/h3-8,18H,15-17H2,1-2H3. The summed E-state index contributed by atoms with van der Waals surface area (Å²) >= 11 is 0. The lowest BCUT2D eigenvalue weighted by Gasteiger charge is -2.15. The summed E-state index contributed by atoms with van der Waals surface area (Å²) in [5.74, 6) is -0.551. The van der Waals surface area contributed by atoms with Crippen molar-refractivity contribution < 1.29 is 30.3 Å².